The van der Waals surface area contributed by atoms with Gasteiger partial charge in [-0.3, -0.25) is 9.59 Å². The minimum absolute atomic E-state index is 0.0991. The normalized spacial score (nSPS) is 15.9. The van der Waals surface area contributed by atoms with Crippen LogP contribution in [0.15, 0.2) is 59.5 Å². The lowest BCUT2D eigenvalue weighted by molar-refractivity contribution is -0.119. The number of benzene rings is 1. The van der Waals surface area contributed by atoms with Gasteiger partial charge in [-0.1, -0.05) is 17.7 Å². The molecule has 0 spiro atoms. The zero-order chi connectivity index (χ0) is 22.6. The molecule has 7 nitrogen and oxygen atoms in total. The van der Waals surface area contributed by atoms with Crippen LogP contribution in [0.3, 0.4) is 0 Å². The smallest absolute Gasteiger partial charge is 0.221 e. The zero-order valence-corrected chi connectivity index (χ0v) is 18.7. The topological polar surface area (TPSA) is 81.8 Å². The third-order valence-electron chi connectivity index (χ3n) is 4.88. The minimum Gasteiger partial charge on any atom is -0.388 e. The van der Waals surface area contributed by atoms with Crippen molar-refractivity contribution >= 4 is 35.9 Å². The third-order valence-corrected chi connectivity index (χ3v) is 5.13. The molecule has 1 aliphatic heterocycles. The van der Waals surface area contributed by atoms with Gasteiger partial charge in [-0.15, -0.1) is 0 Å². The van der Waals surface area contributed by atoms with E-state index in [9.17, 15) is 14.4 Å². The summed E-state index contributed by atoms with van der Waals surface area (Å²) in [5.41, 5.74) is 3.78. The van der Waals surface area contributed by atoms with E-state index in [1.165, 1.54) is 12.6 Å². The van der Waals surface area contributed by atoms with E-state index in [4.69, 9.17) is 11.6 Å². The van der Waals surface area contributed by atoms with E-state index in [2.05, 4.69) is 15.5 Å². The van der Waals surface area contributed by atoms with Crippen molar-refractivity contribution in [1.82, 2.24) is 15.5 Å². The first-order valence-electron chi connectivity index (χ1n) is 10.2. The maximum atomic E-state index is 11.0. The molecule has 0 radical (unpaired) electrons. The number of rotatable bonds is 6. The second-order valence-electron chi connectivity index (χ2n) is 7.12. The van der Waals surface area contributed by atoms with Crippen molar-refractivity contribution < 1.29 is 14.4 Å². The molecule has 166 valence electrons. The van der Waals surface area contributed by atoms with E-state index in [1.807, 2.05) is 49.5 Å². The Kier molecular flexibility index (Phi) is 9.84. The lowest BCUT2D eigenvalue weighted by atomic mass is 10.1. The fraction of sp³-hybridized carbons (Fsp3) is 0.348. The van der Waals surface area contributed by atoms with Crippen molar-refractivity contribution in [2.24, 2.45) is 0 Å². The number of anilines is 1. The molecular weight excluding hydrogens is 416 g/mol. The van der Waals surface area contributed by atoms with Gasteiger partial charge >= 0.3 is 0 Å². The maximum absolute atomic E-state index is 11.0. The molecule has 1 fully saturated rings. The first kappa shape index (κ1) is 24.2. The largest absolute Gasteiger partial charge is 0.388 e. The van der Waals surface area contributed by atoms with E-state index >= 15 is 0 Å². The number of piperazine rings is 1. The summed E-state index contributed by atoms with van der Waals surface area (Å²) in [7, 11) is 1.81. The average Bonchev–Trinajstić information content (AvgIpc) is 2.96. The summed E-state index contributed by atoms with van der Waals surface area (Å²) in [4.78, 5) is 36.1. The van der Waals surface area contributed by atoms with Crippen LogP contribution in [0.25, 0.3) is 0 Å². The predicted octanol–water partition coefficient (Wildman–Crippen LogP) is 2.65. The summed E-state index contributed by atoms with van der Waals surface area (Å²) in [5.74, 6) is -0.0991. The Morgan fingerprint density at radius 2 is 1.81 bits per heavy atom. The van der Waals surface area contributed by atoms with Gasteiger partial charge in [0.1, 0.15) is 6.29 Å². The highest BCUT2D eigenvalue weighted by molar-refractivity contribution is 6.30. The predicted molar refractivity (Wildman–Crippen MR) is 124 cm³/mol. The molecule has 2 N–H and O–H groups in total. The number of halogens is 1. The standard InChI is InChI=1S/C12H16N2O2.C11H13ClN2O/c1-9(16)14-11-4-3-5-12(13-2)10(8-11)6-7-15;12-10-1-3-11(4-2-10)14-7-5-13(9-15)6-8-14/h3,5,7-8,13H,4,6H2,1-2H3,(H,14,16);1-4,9H,5-8H2. The number of hydrogen-bond acceptors (Lipinski definition) is 5. The molecule has 1 aromatic rings. The summed E-state index contributed by atoms with van der Waals surface area (Å²) >= 11 is 5.82. The van der Waals surface area contributed by atoms with E-state index in [0.29, 0.717) is 12.8 Å². The molecular formula is C23H29ClN4O3. The summed E-state index contributed by atoms with van der Waals surface area (Å²) in [6, 6.07) is 7.81. The highest BCUT2D eigenvalue weighted by Gasteiger charge is 2.15. The van der Waals surface area contributed by atoms with Crippen LogP contribution >= 0.6 is 11.6 Å². The van der Waals surface area contributed by atoms with E-state index in [-0.39, 0.29) is 5.91 Å². The number of nitrogens with one attached hydrogen (secondary N) is 2. The average molecular weight is 445 g/mol. The van der Waals surface area contributed by atoms with Crippen LogP contribution in [-0.2, 0) is 14.4 Å². The van der Waals surface area contributed by atoms with Gasteiger partial charge in [0.25, 0.3) is 0 Å². The van der Waals surface area contributed by atoms with Gasteiger partial charge in [0.2, 0.25) is 12.3 Å². The SMILES string of the molecule is CNC1=C(CC=O)C=C(NC(C)=O)CC=C1.O=CN1CCN(c2ccc(Cl)cc2)CC1. The molecule has 2 aliphatic rings. The third kappa shape index (κ3) is 7.94. The quantitative estimate of drug-likeness (QED) is 0.659. The van der Waals surface area contributed by atoms with Gasteiger partial charge in [-0.25, -0.2) is 0 Å². The van der Waals surface area contributed by atoms with Crippen molar-refractivity contribution in [3.05, 3.63) is 64.5 Å². The van der Waals surface area contributed by atoms with Crippen molar-refractivity contribution in [2.45, 2.75) is 19.8 Å². The summed E-state index contributed by atoms with van der Waals surface area (Å²) in [6.45, 7) is 4.84. The molecule has 1 aromatic carbocycles. The first-order chi connectivity index (χ1) is 15.0. The second-order valence-corrected chi connectivity index (χ2v) is 7.56. The fourth-order valence-corrected chi connectivity index (χ4v) is 3.44. The molecule has 3 rings (SSSR count). The van der Waals surface area contributed by atoms with Crippen molar-refractivity contribution in [3.8, 4) is 0 Å². The molecule has 2 amide bonds. The molecule has 31 heavy (non-hydrogen) atoms. The number of aldehydes is 1. The Balaban J connectivity index is 0.000000220. The fourth-order valence-electron chi connectivity index (χ4n) is 3.31. The molecule has 0 bridgehead atoms. The molecule has 0 atom stereocenters. The van der Waals surface area contributed by atoms with E-state index in [0.717, 1.165) is 60.9 Å². The second kappa shape index (κ2) is 12.6. The van der Waals surface area contributed by atoms with E-state index in [1.54, 1.807) is 4.90 Å². The van der Waals surface area contributed by atoms with Crippen LogP contribution in [0.2, 0.25) is 5.02 Å². The van der Waals surface area contributed by atoms with Gasteiger partial charge in [-0.2, -0.15) is 0 Å². The van der Waals surface area contributed by atoms with Gasteiger partial charge in [0.15, 0.2) is 0 Å². The summed E-state index contributed by atoms with van der Waals surface area (Å²) < 4.78 is 0. The van der Waals surface area contributed by atoms with Crippen molar-refractivity contribution in [3.63, 3.8) is 0 Å². The Bertz CT molecular complexity index is 854. The minimum atomic E-state index is -0.0991. The first-order valence-corrected chi connectivity index (χ1v) is 10.5. The van der Waals surface area contributed by atoms with Crippen LogP contribution in [-0.4, -0.2) is 56.7 Å². The number of allylic oxidation sites excluding steroid dienone is 4. The van der Waals surface area contributed by atoms with Gasteiger partial charge < -0.3 is 25.2 Å². The molecule has 1 saturated heterocycles. The lowest BCUT2D eigenvalue weighted by Crippen LogP contribution is -2.45. The monoisotopic (exact) mass is 444 g/mol. The van der Waals surface area contributed by atoms with Gasteiger partial charge in [0.05, 0.1) is 0 Å². The highest BCUT2D eigenvalue weighted by atomic mass is 35.5. The van der Waals surface area contributed by atoms with Crippen LogP contribution in [0.1, 0.15) is 19.8 Å². The van der Waals surface area contributed by atoms with Crippen LogP contribution in [0.5, 0.6) is 0 Å². The number of amides is 2. The lowest BCUT2D eigenvalue weighted by Gasteiger charge is -2.34. The van der Waals surface area contributed by atoms with Crippen LogP contribution in [0, 0.1) is 0 Å². The molecule has 0 unspecified atom stereocenters. The molecule has 1 heterocycles. The molecule has 8 heteroatoms. The number of carbonyl (C=O) groups is 3. The number of nitrogens with zero attached hydrogens (tertiary/aromatic N) is 2. The van der Waals surface area contributed by atoms with Crippen LogP contribution in [0.4, 0.5) is 5.69 Å². The van der Waals surface area contributed by atoms with Gasteiger partial charge in [-0.05, 0) is 42.0 Å². The zero-order valence-electron chi connectivity index (χ0n) is 17.9. The Morgan fingerprint density at radius 3 is 2.35 bits per heavy atom. The Hall–Kier alpha value is -3.06. The van der Waals surface area contributed by atoms with E-state index < -0.39 is 0 Å². The summed E-state index contributed by atoms with van der Waals surface area (Å²) in [6.07, 6.45) is 8.49. The number of carbonyl (C=O) groups excluding carboxylic acids is 3. The van der Waals surface area contributed by atoms with Gasteiger partial charge in [0, 0.05) is 75.1 Å². The summed E-state index contributed by atoms with van der Waals surface area (Å²) in [5, 5.41) is 6.53. The van der Waals surface area contributed by atoms with Crippen molar-refractivity contribution in [1.29, 1.82) is 0 Å². The Labute approximate surface area is 188 Å². The highest BCUT2D eigenvalue weighted by Crippen LogP contribution is 2.19. The molecule has 1 aliphatic carbocycles. The maximum Gasteiger partial charge on any atom is 0.221 e. The Morgan fingerprint density at radius 1 is 1.13 bits per heavy atom. The van der Waals surface area contributed by atoms with Crippen LogP contribution < -0.4 is 15.5 Å². The number of hydrogen-bond donors (Lipinski definition) is 2. The molecule has 0 saturated carbocycles. The number of likely N-dealkylation sites (N-methyl/N-ethyl adjacent to an activating group) is 1. The van der Waals surface area contributed by atoms with Crippen molar-refractivity contribution in [2.75, 3.05) is 38.1 Å². The molecule has 0 aromatic heterocycles.